The molecule has 0 fully saturated rings. The highest BCUT2D eigenvalue weighted by Gasteiger charge is 2.12. The molecule has 0 aliphatic rings. The first-order chi connectivity index (χ1) is 10.6. The molecule has 2 nitrogen and oxygen atoms in total. The van der Waals surface area contributed by atoms with Crippen molar-refractivity contribution in [2.75, 3.05) is 0 Å². The van der Waals surface area contributed by atoms with Crippen molar-refractivity contribution in [3.05, 3.63) is 48.5 Å². The van der Waals surface area contributed by atoms with Gasteiger partial charge in [-0.15, -0.1) is 0 Å². The summed E-state index contributed by atoms with van der Waals surface area (Å²) in [5, 5.41) is 0. The van der Waals surface area contributed by atoms with Crippen LogP contribution < -0.4 is 9.47 Å². The minimum absolute atomic E-state index is 0.169. The summed E-state index contributed by atoms with van der Waals surface area (Å²) in [6, 6.07) is 16.4. The molecule has 0 spiro atoms. The first-order valence-corrected chi connectivity index (χ1v) is 8.68. The smallest absolute Gasteiger partial charge is 0.120 e. The van der Waals surface area contributed by atoms with Crippen LogP contribution in [0.3, 0.4) is 0 Å². The van der Waals surface area contributed by atoms with Crippen LogP contribution in [0.5, 0.6) is 11.5 Å². The molecule has 2 aromatic rings. The quantitative estimate of drug-likeness (QED) is 0.665. The van der Waals surface area contributed by atoms with Crippen LogP contribution in [0, 0.1) is 0 Å². The second-order valence-electron chi connectivity index (χ2n) is 7.47. The number of ether oxygens (including phenoxy) is 2. The van der Waals surface area contributed by atoms with Gasteiger partial charge in [0.05, 0.1) is 0 Å². The summed E-state index contributed by atoms with van der Waals surface area (Å²) in [5.41, 5.74) is -0.338. The lowest BCUT2D eigenvalue weighted by atomic mass is 10.2. The fourth-order valence-electron chi connectivity index (χ4n) is 1.99. The summed E-state index contributed by atoms with van der Waals surface area (Å²) in [6.07, 6.45) is 0. The lowest BCUT2D eigenvalue weighted by molar-refractivity contribution is 0.130. The zero-order chi connectivity index (χ0) is 17.1. The maximum absolute atomic E-state index is 5.84. The molecule has 124 valence electrons. The zero-order valence-electron chi connectivity index (χ0n) is 14.8. The largest absolute Gasteiger partial charge is 0.488 e. The summed E-state index contributed by atoms with van der Waals surface area (Å²) < 4.78 is 11.7. The highest BCUT2D eigenvalue weighted by Crippen LogP contribution is 2.31. The van der Waals surface area contributed by atoms with Gasteiger partial charge in [0.1, 0.15) is 22.7 Å². The van der Waals surface area contributed by atoms with Gasteiger partial charge in [0.2, 0.25) is 0 Å². The van der Waals surface area contributed by atoms with Crippen molar-refractivity contribution >= 4 is 11.8 Å². The molecule has 0 heterocycles. The minimum Gasteiger partial charge on any atom is -0.488 e. The van der Waals surface area contributed by atoms with Crippen LogP contribution in [0.15, 0.2) is 58.3 Å². The van der Waals surface area contributed by atoms with Gasteiger partial charge in [-0.2, -0.15) is 0 Å². The Morgan fingerprint density at radius 1 is 0.565 bits per heavy atom. The molecule has 0 aliphatic carbocycles. The Hall–Kier alpha value is -1.61. The molecule has 0 N–H and O–H groups in total. The fraction of sp³-hybridized carbons (Fsp3) is 0.400. The summed E-state index contributed by atoms with van der Waals surface area (Å²) in [4.78, 5) is 2.38. The number of hydrogen-bond donors (Lipinski definition) is 0. The van der Waals surface area contributed by atoms with Crippen LogP contribution in [-0.2, 0) is 0 Å². The summed E-state index contributed by atoms with van der Waals surface area (Å²) in [5.74, 6) is 1.80. The Kier molecular flexibility index (Phi) is 5.30. The molecule has 0 bridgehead atoms. The molecule has 23 heavy (non-hydrogen) atoms. The van der Waals surface area contributed by atoms with Crippen LogP contribution >= 0.6 is 11.8 Å². The average molecular weight is 330 g/mol. The highest BCUT2D eigenvalue weighted by atomic mass is 32.2. The van der Waals surface area contributed by atoms with Gasteiger partial charge >= 0.3 is 0 Å². The van der Waals surface area contributed by atoms with Crippen molar-refractivity contribution in [2.45, 2.75) is 62.5 Å². The lowest BCUT2D eigenvalue weighted by Gasteiger charge is -2.21. The van der Waals surface area contributed by atoms with Gasteiger partial charge in [-0.3, -0.25) is 0 Å². The molecule has 2 rings (SSSR count). The Labute approximate surface area is 144 Å². The van der Waals surface area contributed by atoms with Crippen molar-refractivity contribution in [1.29, 1.82) is 0 Å². The number of benzene rings is 2. The van der Waals surface area contributed by atoms with Gasteiger partial charge in [0.25, 0.3) is 0 Å². The van der Waals surface area contributed by atoms with Crippen LogP contribution in [0.1, 0.15) is 41.5 Å². The van der Waals surface area contributed by atoms with Crippen LogP contribution in [-0.4, -0.2) is 11.2 Å². The van der Waals surface area contributed by atoms with Crippen LogP contribution in [0.2, 0.25) is 0 Å². The predicted octanol–water partition coefficient (Wildman–Crippen LogP) is 6.19. The Bertz CT molecular complexity index is 559. The summed E-state index contributed by atoms with van der Waals surface area (Å²) in [6.45, 7) is 12.3. The first-order valence-electron chi connectivity index (χ1n) is 7.87. The molecule has 3 heteroatoms. The molecular formula is C20H26O2S. The Morgan fingerprint density at radius 3 is 1.13 bits per heavy atom. The van der Waals surface area contributed by atoms with E-state index in [9.17, 15) is 0 Å². The van der Waals surface area contributed by atoms with Crippen molar-refractivity contribution in [3.63, 3.8) is 0 Å². The van der Waals surface area contributed by atoms with Crippen molar-refractivity contribution < 1.29 is 9.47 Å². The van der Waals surface area contributed by atoms with E-state index in [1.165, 1.54) is 9.79 Å². The molecular weight excluding hydrogens is 304 g/mol. The summed E-state index contributed by atoms with van der Waals surface area (Å²) in [7, 11) is 0. The highest BCUT2D eigenvalue weighted by molar-refractivity contribution is 7.99. The third-order valence-electron chi connectivity index (χ3n) is 2.73. The van der Waals surface area contributed by atoms with E-state index in [2.05, 4.69) is 65.8 Å². The van der Waals surface area contributed by atoms with E-state index in [0.717, 1.165) is 11.5 Å². The van der Waals surface area contributed by atoms with Gasteiger partial charge in [0, 0.05) is 9.79 Å². The van der Waals surface area contributed by atoms with Crippen LogP contribution in [0.25, 0.3) is 0 Å². The maximum Gasteiger partial charge on any atom is 0.120 e. The van der Waals surface area contributed by atoms with Gasteiger partial charge in [-0.25, -0.2) is 0 Å². The third-order valence-corrected chi connectivity index (χ3v) is 3.75. The average Bonchev–Trinajstić information content (AvgIpc) is 2.40. The maximum atomic E-state index is 5.84. The minimum atomic E-state index is -0.169. The van der Waals surface area contributed by atoms with E-state index in [1.807, 2.05) is 24.3 Å². The zero-order valence-corrected chi connectivity index (χ0v) is 15.7. The second kappa shape index (κ2) is 6.88. The number of hydrogen-bond acceptors (Lipinski definition) is 3. The Morgan fingerprint density at radius 2 is 0.870 bits per heavy atom. The molecule has 0 radical (unpaired) electrons. The third kappa shape index (κ3) is 6.57. The topological polar surface area (TPSA) is 18.5 Å². The SMILES string of the molecule is CC(C)(C)Oc1ccc(Sc2ccc(OC(C)(C)C)cc2)cc1. The second-order valence-corrected chi connectivity index (χ2v) is 8.62. The van der Waals surface area contributed by atoms with Gasteiger partial charge < -0.3 is 9.47 Å². The molecule has 0 saturated carbocycles. The lowest BCUT2D eigenvalue weighted by Crippen LogP contribution is -2.22. The van der Waals surface area contributed by atoms with Gasteiger partial charge in [0.15, 0.2) is 0 Å². The molecule has 0 aromatic heterocycles. The molecule has 0 unspecified atom stereocenters. The van der Waals surface area contributed by atoms with Gasteiger partial charge in [-0.05, 0) is 90.1 Å². The van der Waals surface area contributed by atoms with Gasteiger partial charge in [-0.1, -0.05) is 11.8 Å². The van der Waals surface area contributed by atoms with Crippen LogP contribution in [0.4, 0.5) is 0 Å². The molecule has 0 amide bonds. The van der Waals surface area contributed by atoms with E-state index >= 15 is 0 Å². The standard InChI is InChI=1S/C20H26O2S/c1-19(2,3)21-15-7-11-17(12-8-15)23-18-13-9-16(10-14-18)22-20(4,5)6/h7-14H,1-6H3. The molecule has 0 atom stereocenters. The predicted molar refractivity (Wildman–Crippen MR) is 97.8 cm³/mol. The number of rotatable bonds is 4. The first kappa shape index (κ1) is 17.7. The summed E-state index contributed by atoms with van der Waals surface area (Å²) >= 11 is 1.73. The monoisotopic (exact) mass is 330 g/mol. The van der Waals surface area contributed by atoms with E-state index in [0.29, 0.717) is 0 Å². The van der Waals surface area contributed by atoms with Crippen molar-refractivity contribution in [3.8, 4) is 11.5 Å². The van der Waals surface area contributed by atoms with E-state index in [-0.39, 0.29) is 11.2 Å². The van der Waals surface area contributed by atoms with Crippen molar-refractivity contribution in [2.24, 2.45) is 0 Å². The Balaban J connectivity index is 1.99. The normalized spacial score (nSPS) is 12.1. The fourth-order valence-corrected chi connectivity index (χ4v) is 2.81. The molecule has 0 saturated heterocycles. The van der Waals surface area contributed by atoms with E-state index in [4.69, 9.17) is 9.47 Å². The molecule has 2 aromatic carbocycles. The molecule has 0 aliphatic heterocycles. The van der Waals surface area contributed by atoms with E-state index < -0.39 is 0 Å². The van der Waals surface area contributed by atoms with E-state index in [1.54, 1.807) is 11.8 Å². The van der Waals surface area contributed by atoms with Crippen molar-refractivity contribution in [1.82, 2.24) is 0 Å².